The second-order valence-electron chi connectivity index (χ2n) is 5.69. The van der Waals surface area contributed by atoms with Gasteiger partial charge in [0.15, 0.2) is 0 Å². The summed E-state index contributed by atoms with van der Waals surface area (Å²) in [4.78, 5) is 0. The Kier molecular flexibility index (Phi) is 7.76. The fourth-order valence-electron chi connectivity index (χ4n) is 2.63. The molecule has 1 fully saturated rings. The summed E-state index contributed by atoms with van der Waals surface area (Å²) >= 11 is 0. The Hall–Kier alpha value is -0.290. The molecule has 114 valence electrons. The van der Waals surface area contributed by atoms with Crippen LogP contribution >= 0.6 is 0 Å². The van der Waals surface area contributed by atoms with Crippen LogP contribution in [-0.2, 0) is 0 Å². The molecule has 2 nitrogen and oxygen atoms in total. The third kappa shape index (κ3) is 8.47. The lowest BCUT2D eigenvalue weighted by molar-refractivity contribution is -0.135. The molecule has 0 spiro atoms. The number of rotatable bonds is 8. The van der Waals surface area contributed by atoms with Crippen molar-refractivity contribution in [2.45, 2.75) is 51.6 Å². The van der Waals surface area contributed by atoms with Gasteiger partial charge in [-0.25, -0.2) is 0 Å². The Balaban J connectivity index is 1.92. The van der Waals surface area contributed by atoms with Gasteiger partial charge in [0, 0.05) is 6.42 Å². The van der Waals surface area contributed by atoms with Gasteiger partial charge in [-0.05, 0) is 70.1 Å². The SMILES string of the molecule is CC(CCNCCCCC(F)(F)F)C1CCCNC1. The molecule has 0 amide bonds. The zero-order chi connectivity index (χ0) is 14.1. The smallest absolute Gasteiger partial charge is 0.317 e. The molecule has 0 bridgehead atoms. The Bertz CT molecular complexity index is 225. The number of alkyl halides is 3. The van der Waals surface area contributed by atoms with E-state index in [0.29, 0.717) is 18.9 Å². The van der Waals surface area contributed by atoms with Crippen LogP contribution in [0.3, 0.4) is 0 Å². The van der Waals surface area contributed by atoms with E-state index in [1.807, 2.05) is 0 Å². The van der Waals surface area contributed by atoms with Gasteiger partial charge in [0.1, 0.15) is 0 Å². The third-order valence-electron chi connectivity index (χ3n) is 3.98. The summed E-state index contributed by atoms with van der Waals surface area (Å²) in [6, 6.07) is 0. The summed E-state index contributed by atoms with van der Waals surface area (Å²) in [7, 11) is 0. The number of hydrogen-bond donors (Lipinski definition) is 2. The van der Waals surface area contributed by atoms with E-state index >= 15 is 0 Å². The van der Waals surface area contributed by atoms with Crippen LogP contribution in [0, 0.1) is 11.8 Å². The fourth-order valence-corrected chi connectivity index (χ4v) is 2.63. The summed E-state index contributed by atoms with van der Waals surface area (Å²) in [5, 5.41) is 6.68. The normalized spacial score (nSPS) is 22.4. The molecule has 1 aliphatic rings. The summed E-state index contributed by atoms with van der Waals surface area (Å²) in [5.41, 5.74) is 0. The monoisotopic (exact) mass is 280 g/mol. The Morgan fingerprint density at radius 1 is 1.26 bits per heavy atom. The summed E-state index contributed by atoms with van der Waals surface area (Å²) < 4.78 is 35.7. The Morgan fingerprint density at radius 3 is 2.68 bits per heavy atom. The van der Waals surface area contributed by atoms with Crippen LogP contribution in [-0.4, -0.2) is 32.4 Å². The van der Waals surface area contributed by atoms with Crippen molar-refractivity contribution in [3.63, 3.8) is 0 Å². The molecule has 19 heavy (non-hydrogen) atoms. The van der Waals surface area contributed by atoms with E-state index in [0.717, 1.165) is 32.0 Å². The molecule has 0 aromatic rings. The van der Waals surface area contributed by atoms with Gasteiger partial charge >= 0.3 is 6.18 Å². The molecular formula is C14H27F3N2. The molecule has 5 heteroatoms. The van der Waals surface area contributed by atoms with Crippen molar-refractivity contribution < 1.29 is 13.2 Å². The highest BCUT2D eigenvalue weighted by molar-refractivity contribution is 4.74. The van der Waals surface area contributed by atoms with Gasteiger partial charge in [0.05, 0.1) is 0 Å². The lowest BCUT2D eigenvalue weighted by Crippen LogP contribution is -2.34. The highest BCUT2D eigenvalue weighted by atomic mass is 19.4. The number of halogens is 3. The molecule has 0 saturated carbocycles. The minimum Gasteiger partial charge on any atom is -0.317 e. The molecule has 1 rings (SSSR count). The first-order chi connectivity index (χ1) is 8.99. The highest BCUT2D eigenvalue weighted by Crippen LogP contribution is 2.22. The third-order valence-corrected chi connectivity index (χ3v) is 3.98. The van der Waals surface area contributed by atoms with Crippen molar-refractivity contribution in [3.05, 3.63) is 0 Å². The van der Waals surface area contributed by atoms with Crippen molar-refractivity contribution in [2.75, 3.05) is 26.2 Å². The molecule has 0 aliphatic carbocycles. The maximum Gasteiger partial charge on any atom is 0.389 e. The zero-order valence-corrected chi connectivity index (χ0v) is 11.9. The number of unbranched alkanes of at least 4 members (excludes halogenated alkanes) is 1. The van der Waals surface area contributed by atoms with Crippen molar-refractivity contribution in [1.82, 2.24) is 10.6 Å². The molecule has 1 heterocycles. The summed E-state index contributed by atoms with van der Waals surface area (Å²) in [6.07, 6.45) is -0.121. The molecule has 0 radical (unpaired) electrons. The topological polar surface area (TPSA) is 24.1 Å². The molecular weight excluding hydrogens is 253 g/mol. The van der Waals surface area contributed by atoms with Gasteiger partial charge in [-0.15, -0.1) is 0 Å². The predicted octanol–water partition coefficient (Wildman–Crippen LogP) is 3.33. The first-order valence-electron chi connectivity index (χ1n) is 7.47. The minimum atomic E-state index is -4.00. The van der Waals surface area contributed by atoms with Gasteiger partial charge in [0.2, 0.25) is 0 Å². The van der Waals surface area contributed by atoms with Gasteiger partial charge < -0.3 is 10.6 Å². The van der Waals surface area contributed by atoms with E-state index in [9.17, 15) is 13.2 Å². The largest absolute Gasteiger partial charge is 0.389 e. The van der Waals surface area contributed by atoms with E-state index in [1.54, 1.807) is 0 Å². The van der Waals surface area contributed by atoms with Gasteiger partial charge in [-0.2, -0.15) is 13.2 Å². The fraction of sp³-hybridized carbons (Fsp3) is 1.00. The lowest BCUT2D eigenvalue weighted by atomic mass is 9.85. The second-order valence-corrected chi connectivity index (χ2v) is 5.69. The van der Waals surface area contributed by atoms with Crippen LogP contribution in [0.25, 0.3) is 0 Å². The van der Waals surface area contributed by atoms with Crippen molar-refractivity contribution in [2.24, 2.45) is 11.8 Å². The molecule has 0 aromatic carbocycles. The van der Waals surface area contributed by atoms with Crippen LogP contribution in [0.5, 0.6) is 0 Å². The summed E-state index contributed by atoms with van der Waals surface area (Å²) in [5.74, 6) is 1.45. The van der Waals surface area contributed by atoms with E-state index < -0.39 is 12.6 Å². The average Bonchev–Trinajstić information content (AvgIpc) is 2.37. The Labute approximate surface area is 114 Å². The first-order valence-corrected chi connectivity index (χ1v) is 7.47. The average molecular weight is 280 g/mol. The van der Waals surface area contributed by atoms with Crippen molar-refractivity contribution in [1.29, 1.82) is 0 Å². The first kappa shape index (κ1) is 16.8. The van der Waals surface area contributed by atoms with Crippen LogP contribution in [0.1, 0.15) is 45.4 Å². The number of piperidine rings is 1. The minimum absolute atomic E-state index is 0.235. The molecule has 1 saturated heterocycles. The second kappa shape index (κ2) is 8.80. The van der Waals surface area contributed by atoms with Crippen molar-refractivity contribution >= 4 is 0 Å². The van der Waals surface area contributed by atoms with Crippen LogP contribution < -0.4 is 10.6 Å². The van der Waals surface area contributed by atoms with Gasteiger partial charge in [-0.3, -0.25) is 0 Å². The quantitative estimate of drug-likeness (QED) is 0.666. The molecule has 2 atom stereocenters. The van der Waals surface area contributed by atoms with E-state index in [2.05, 4.69) is 17.6 Å². The molecule has 0 aromatic heterocycles. The lowest BCUT2D eigenvalue weighted by Gasteiger charge is -2.28. The number of nitrogens with one attached hydrogen (secondary N) is 2. The maximum absolute atomic E-state index is 11.9. The maximum atomic E-state index is 11.9. The molecule has 2 unspecified atom stereocenters. The molecule has 1 aliphatic heterocycles. The Morgan fingerprint density at radius 2 is 2.05 bits per heavy atom. The van der Waals surface area contributed by atoms with E-state index in [1.165, 1.54) is 12.8 Å². The van der Waals surface area contributed by atoms with Crippen molar-refractivity contribution in [3.8, 4) is 0 Å². The van der Waals surface area contributed by atoms with Gasteiger partial charge in [-0.1, -0.05) is 6.92 Å². The van der Waals surface area contributed by atoms with Crippen LogP contribution in [0.15, 0.2) is 0 Å². The highest BCUT2D eigenvalue weighted by Gasteiger charge is 2.25. The standard InChI is InChI=1S/C14H27F3N2/c1-12(13-5-4-9-19-11-13)6-10-18-8-3-2-7-14(15,16)17/h12-13,18-19H,2-11H2,1H3. The summed E-state index contributed by atoms with van der Waals surface area (Å²) in [6.45, 7) is 6.16. The van der Waals surface area contributed by atoms with Crippen LogP contribution in [0.4, 0.5) is 13.2 Å². The molecule has 2 N–H and O–H groups in total. The van der Waals surface area contributed by atoms with E-state index in [4.69, 9.17) is 0 Å². The van der Waals surface area contributed by atoms with Gasteiger partial charge in [0.25, 0.3) is 0 Å². The van der Waals surface area contributed by atoms with Crippen LogP contribution in [0.2, 0.25) is 0 Å². The van der Waals surface area contributed by atoms with E-state index in [-0.39, 0.29) is 6.42 Å². The predicted molar refractivity (Wildman–Crippen MR) is 72.2 cm³/mol. The zero-order valence-electron chi connectivity index (χ0n) is 11.9. The number of hydrogen-bond acceptors (Lipinski definition) is 2.